The van der Waals surface area contributed by atoms with Crippen molar-refractivity contribution < 1.29 is 19.4 Å². The third-order valence-electron chi connectivity index (χ3n) is 3.99. The van der Waals surface area contributed by atoms with Crippen molar-refractivity contribution in [1.29, 1.82) is 0 Å². The molecule has 0 bridgehead atoms. The SMILES string of the molecule is O=C(COc1ccccc1)N[C@H]1C[C@H](C(=O)O)Nc2cc(Cl)cc(Cl)c21. The van der Waals surface area contributed by atoms with Crippen LogP contribution in [0.3, 0.4) is 0 Å². The first kappa shape index (κ1) is 18.4. The molecule has 0 spiro atoms. The Hall–Kier alpha value is -2.44. The fourth-order valence-corrected chi connectivity index (χ4v) is 3.48. The predicted molar refractivity (Wildman–Crippen MR) is 98.9 cm³/mol. The van der Waals surface area contributed by atoms with Gasteiger partial charge in [-0.1, -0.05) is 41.4 Å². The summed E-state index contributed by atoms with van der Waals surface area (Å²) >= 11 is 12.3. The molecule has 26 heavy (non-hydrogen) atoms. The number of para-hydroxylation sites is 1. The Morgan fingerprint density at radius 3 is 2.65 bits per heavy atom. The van der Waals surface area contributed by atoms with Crippen molar-refractivity contribution in [1.82, 2.24) is 5.32 Å². The molecule has 1 amide bonds. The number of carbonyl (C=O) groups is 2. The highest BCUT2D eigenvalue weighted by Gasteiger charge is 2.33. The van der Waals surface area contributed by atoms with Gasteiger partial charge in [0.1, 0.15) is 11.8 Å². The third-order valence-corrected chi connectivity index (χ3v) is 4.52. The van der Waals surface area contributed by atoms with E-state index in [9.17, 15) is 14.7 Å². The first-order valence-corrected chi connectivity index (χ1v) is 8.65. The highest BCUT2D eigenvalue weighted by molar-refractivity contribution is 6.35. The summed E-state index contributed by atoms with van der Waals surface area (Å²) in [6.45, 7) is -0.188. The van der Waals surface area contributed by atoms with E-state index in [1.165, 1.54) is 0 Å². The maximum absolute atomic E-state index is 12.3. The minimum atomic E-state index is -1.02. The van der Waals surface area contributed by atoms with Crippen LogP contribution in [-0.2, 0) is 9.59 Å². The zero-order valence-corrected chi connectivity index (χ0v) is 15.1. The molecule has 1 aliphatic rings. The Balaban J connectivity index is 1.76. The number of ether oxygens (including phenoxy) is 1. The molecule has 136 valence electrons. The van der Waals surface area contributed by atoms with E-state index in [4.69, 9.17) is 27.9 Å². The van der Waals surface area contributed by atoms with Crippen molar-refractivity contribution in [3.63, 3.8) is 0 Å². The zero-order chi connectivity index (χ0) is 18.7. The summed E-state index contributed by atoms with van der Waals surface area (Å²) in [5.74, 6) is -0.824. The fourth-order valence-electron chi connectivity index (χ4n) is 2.85. The summed E-state index contributed by atoms with van der Waals surface area (Å²) in [6.07, 6.45) is 0.154. The molecule has 2 aromatic carbocycles. The van der Waals surface area contributed by atoms with Gasteiger partial charge in [-0.15, -0.1) is 0 Å². The number of halogens is 2. The largest absolute Gasteiger partial charge is 0.484 e. The second kappa shape index (κ2) is 7.85. The molecule has 0 aliphatic carbocycles. The minimum absolute atomic E-state index is 0.154. The number of aliphatic carboxylic acids is 1. The summed E-state index contributed by atoms with van der Waals surface area (Å²) in [6, 6.07) is 10.7. The molecule has 0 radical (unpaired) electrons. The fraction of sp³-hybridized carbons (Fsp3) is 0.222. The van der Waals surface area contributed by atoms with Gasteiger partial charge in [0.15, 0.2) is 6.61 Å². The van der Waals surface area contributed by atoms with Gasteiger partial charge in [0.25, 0.3) is 5.91 Å². The monoisotopic (exact) mass is 394 g/mol. The van der Waals surface area contributed by atoms with Crippen LogP contribution in [0.4, 0.5) is 5.69 Å². The molecule has 6 nitrogen and oxygen atoms in total. The van der Waals surface area contributed by atoms with E-state index >= 15 is 0 Å². The van der Waals surface area contributed by atoms with Crippen LogP contribution in [0.5, 0.6) is 5.75 Å². The van der Waals surface area contributed by atoms with E-state index in [1.807, 2.05) is 6.07 Å². The van der Waals surface area contributed by atoms with Crippen LogP contribution in [0.2, 0.25) is 10.0 Å². The molecule has 3 N–H and O–H groups in total. The Morgan fingerprint density at radius 2 is 1.96 bits per heavy atom. The second-order valence-electron chi connectivity index (χ2n) is 5.84. The average Bonchev–Trinajstić information content (AvgIpc) is 2.60. The lowest BCUT2D eigenvalue weighted by molar-refractivity contribution is -0.138. The molecule has 2 atom stereocenters. The highest BCUT2D eigenvalue weighted by atomic mass is 35.5. The molecular weight excluding hydrogens is 379 g/mol. The molecule has 8 heteroatoms. The lowest BCUT2D eigenvalue weighted by Crippen LogP contribution is -2.42. The van der Waals surface area contributed by atoms with Gasteiger partial charge in [0.2, 0.25) is 0 Å². The molecule has 0 unspecified atom stereocenters. The molecule has 0 saturated carbocycles. The van der Waals surface area contributed by atoms with E-state index in [0.717, 1.165) is 0 Å². The Bertz CT molecular complexity index is 829. The maximum atomic E-state index is 12.3. The van der Waals surface area contributed by atoms with E-state index < -0.39 is 18.1 Å². The topological polar surface area (TPSA) is 87.7 Å². The third kappa shape index (κ3) is 4.20. The van der Waals surface area contributed by atoms with Crippen molar-refractivity contribution in [2.24, 2.45) is 0 Å². The van der Waals surface area contributed by atoms with Crippen molar-refractivity contribution in [2.75, 3.05) is 11.9 Å². The van der Waals surface area contributed by atoms with Gasteiger partial charge in [-0.2, -0.15) is 0 Å². The van der Waals surface area contributed by atoms with Crippen molar-refractivity contribution >= 4 is 40.8 Å². The van der Waals surface area contributed by atoms with Crippen LogP contribution in [0.15, 0.2) is 42.5 Å². The van der Waals surface area contributed by atoms with E-state index in [-0.39, 0.29) is 18.9 Å². The Kier molecular flexibility index (Phi) is 5.54. The molecule has 1 aliphatic heterocycles. The summed E-state index contributed by atoms with van der Waals surface area (Å²) < 4.78 is 5.42. The van der Waals surface area contributed by atoms with Crippen LogP contribution < -0.4 is 15.4 Å². The maximum Gasteiger partial charge on any atom is 0.326 e. The van der Waals surface area contributed by atoms with Gasteiger partial charge in [-0.05, 0) is 24.3 Å². The van der Waals surface area contributed by atoms with Crippen molar-refractivity contribution in [3.05, 3.63) is 58.1 Å². The van der Waals surface area contributed by atoms with Gasteiger partial charge in [-0.25, -0.2) is 4.79 Å². The Morgan fingerprint density at radius 1 is 1.23 bits per heavy atom. The van der Waals surface area contributed by atoms with Crippen LogP contribution >= 0.6 is 23.2 Å². The first-order valence-electron chi connectivity index (χ1n) is 7.89. The van der Waals surface area contributed by atoms with Gasteiger partial charge in [0, 0.05) is 27.7 Å². The number of anilines is 1. The van der Waals surface area contributed by atoms with Gasteiger partial charge < -0.3 is 20.5 Å². The first-order chi connectivity index (χ1) is 12.4. The second-order valence-corrected chi connectivity index (χ2v) is 6.69. The molecule has 0 fully saturated rings. The standard InChI is InChI=1S/C18H16Cl2N2O4/c19-10-6-12(20)17-13(7-10)21-15(18(24)25)8-14(17)22-16(23)9-26-11-4-2-1-3-5-11/h1-7,14-15,21H,8-9H2,(H,22,23)(H,24,25)/t14-,15+/m0/s1. The molecule has 2 aromatic rings. The minimum Gasteiger partial charge on any atom is -0.484 e. The number of carboxylic acids is 1. The number of carbonyl (C=O) groups excluding carboxylic acids is 1. The number of hydrogen-bond acceptors (Lipinski definition) is 4. The summed E-state index contributed by atoms with van der Waals surface area (Å²) in [5.41, 5.74) is 1.11. The van der Waals surface area contributed by atoms with Crippen molar-refractivity contribution in [3.8, 4) is 5.75 Å². The highest BCUT2D eigenvalue weighted by Crippen LogP contribution is 2.39. The molecular formula is C18H16Cl2N2O4. The van der Waals surface area contributed by atoms with Gasteiger partial charge in [-0.3, -0.25) is 4.79 Å². The zero-order valence-electron chi connectivity index (χ0n) is 13.5. The number of amides is 1. The number of rotatable bonds is 5. The Labute approximate surface area is 160 Å². The van der Waals surface area contributed by atoms with Crippen LogP contribution in [0.1, 0.15) is 18.0 Å². The smallest absolute Gasteiger partial charge is 0.326 e. The molecule has 3 rings (SSSR count). The summed E-state index contributed by atoms with van der Waals surface area (Å²) in [4.78, 5) is 23.7. The van der Waals surface area contributed by atoms with E-state index in [2.05, 4.69) is 10.6 Å². The number of fused-ring (bicyclic) bond motifs is 1. The number of nitrogens with one attached hydrogen (secondary N) is 2. The van der Waals surface area contributed by atoms with E-state index in [0.29, 0.717) is 27.0 Å². The summed E-state index contributed by atoms with van der Waals surface area (Å²) in [5, 5.41) is 15.8. The van der Waals surface area contributed by atoms with Crippen LogP contribution in [0.25, 0.3) is 0 Å². The van der Waals surface area contributed by atoms with Gasteiger partial charge >= 0.3 is 5.97 Å². The van der Waals surface area contributed by atoms with Crippen molar-refractivity contribution in [2.45, 2.75) is 18.5 Å². The molecule has 1 heterocycles. The lowest BCUT2D eigenvalue weighted by atomic mass is 9.92. The number of hydrogen-bond donors (Lipinski definition) is 3. The number of carboxylic acid groups (broad SMARTS) is 1. The molecule has 0 aromatic heterocycles. The predicted octanol–water partition coefficient (Wildman–Crippen LogP) is 3.50. The quantitative estimate of drug-likeness (QED) is 0.722. The average molecular weight is 395 g/mol. The number of benzene rings is 2. The van der Waals surface area contributed by atoms with Crippen LogP contribution in [-0.4, -0.2) is 29.6 Å². The molecule has 0 saturated heterocycles. The normalized spacial score (nSPS) is 18.4. The summed E-state index contributed by atoms with van der Waals surface area (Å²) in [7, 11) is 0. The van der Waals surface area contributed by atoms with Gasteiger partial charge in [0.05, 0.1) is 6.04 Å². The lowest BCUT2D eigenvalue weighted by Gasteiger charge is -2.32. The van der Waals surface area contributed by atoms with Crippen LogP contribution in [0, 0.1) is 0 Å². The van der Waals surface area contributed by atoms with E-state index in [1.54, 1.807) is 36.4 Å².